The molecule has 0 spiro atoms. The van der Waals surface area contributed by atoms with E-state index in [1.807, 2.05) is 64.1 Å². The zero-order chi connectivity index (χ0) is 24.6. The fourth-order valence-corrected chi connectivity index (χ4v) is 4.45. The number of hydrogen-bond donors (Lipinski definition) is 1. The topological polar surface area (TPSA) is 58.6 Å². The van der Waals surface area contributed by atoms with Gasteiger partial charge in [0.2, 0.25) is 11.8 Å². The third-order valence-corrected chi connectivity index (χ3v) is 6.60. The van der Waals surface area contributed by atoms with Gasteiger partial charge in [0.1, 0.15) is 11.8 Å². The molecule has 0 heterocycles. The summed E-state index contributed by atoms with van der Waals surface area (Å²) in [6.45, 7) is 8.05. The summed E-state index contributed by atoms with van der Waals surface area (Å²) < 4.78 is 5.23. The lowest BCUT2D eigenvalue weighted by Crippen LogP contribution is -2.53. The Kier molecular flexibility index (Phi) is 10.4. The zero-order valence-corrected chi connectivity index (χ0v) is 22.1. The van der Waals surface area contributed by atoms with Crippen LogP contribution in [0, 0.1) is 0 Å². The monoisotopic (exact) mass is 510 g/mol. The molecule has 1 N–H and O–H groups in total. The maximum atomic E-state index is 13.3. The van der Waals surface area contributed by atoms with Crippen molar-refractivity contribution in [2.45, 2.75) is 58.0 Å². The highest BCUT2D eigenvalue weighted by atomic mass is 35.5. The fraction of sp³-hybridized carbons (Fsp3) is 0.440. The summed E-state index contributed by atoms with van der Waals surface area (Å²) in [7, 11) is 1.61. The van der Waals surface area contributed by atoms with Crippen molar-refractivity contribution >= 4 is 46.8 Å². The van der Waals surface area contributed by atoms with E-state index in [1.54, 1.807) is 18.1 Å². The molecule has 2 aromatic carbocycles. The van der Waals surface area contributed by atoms with Crippen LogP contribution in [-0.4, -0.2) is 41.2 Å². The number of nitrogens with zero attached hydrogens (tertiary/aromatic N) is 1. The van der Waals surface area contributed by atoms with Gasteiger partial charge in [-0.1, -0.05) is 48.3 Å². The van der Waals surface area contributed by atoms with Crippen LogP contribution < -0.4 is 10.1 Å². The Hall–Kier alpha value is -1.89. The van der Waals surface area contributed by atoms with E-state index in [1.165, 1.54) is 11.8 Å². The van der Waals surface area contributed by atoms with Crippen molar-refractivity contribution in [3.05, 3.63) is 63.6 Å². The minimum absolute atomic E-state index is 0.0909. The summed E-state index contributed by atoms with van der Waals surface area (Å²) in [6.07, 6.45) is 0.515. The van der Waals surface area contributed by atoms with Crippen LogP contribution in [0.25, 0.3) is 0 Å². The van der Waals surface area contributed by atoms with Crippen LogP contribution in [0.1, 0.15) is 45.2 Å². The van der Waals surface area contributed by atoms with Crippen LogP contribution in [0.15, 0.2) is 42.5 Å². The number of ether oxygens (including phenoxy) is 1. The van der Waals surface area contributed by atoms with Crippen LogP contribution in [0.2, 0.25) is 10.0 Å². The molecule has 0 bridgehead atoms. The van der Waals surface area contributed by atoms with Gasteiger partial charge in [-0.3, -0.25) is 9.59 Å². The molecule has 2 rings (SSSR count). The number of carbonyl (C=O) groups is 2. The predicted molar refractivity (Wildman–Crippen MR) is 138 cm³/mol. The molecule has 2 amide bonds. The second-order valence-electron chi connectivity index (χ2n) is 8.77. The van der Waals surface area contributed by atoms with Gasteiger partial charge in [-0.2, -0.15) is 0 Å². The number of rotatable bonds is 10. The Balaban J connectivity index is 2.16. The number of carbonyl (C=O) groups excluding carboxylic acids is 2. The first-order valence-corrected chi connectivity index (χ1v) is 12.7. The Morgan fingerprint density at radius 2 is 1.70 bits per heavy atom. The second-order valence-corrected chi connectivity index (χ2v) is 10.6. The van der Waals surface area contributed by atoms with Gasteiger partial charge in [0.05, 0.1) is 22.9 Å². The Bertz CT molecular complexity index is 946. The van der Waals surface area contributed by atoms with Crippen LogP contribution in [0.4, 0.5) is 0 Å². The first-order valence-electron chi connectivity index (χ1n) is 10.8. The quantitative estimate of drug-likeness (QED) is 0.428. The summed E-state index contributed by atoms with van der Waals surface area (Å²) in [5, 5.41) is 4.01. The van der Waals surface area contributed by atoms with Crippen LogP contribution >= 0.6 is 35.0 Å². The van der Waals surface area contributed by atoms with Crippen LogP contribution in [0.3, 0.4) is 0 Å². The van der Waals surface area contributed by atoms with E-state index in [-0.39, 0.29) is 23.1 Å². The van der Waals surface area contributed by atoms with Crippen LogP contribution in [-0.2, 0) is 21.9 Å². The molecular formula is C25H32Cl2N2O3S. The molecule has 5 nitrogen and oxygen atoms in total. The number of halogens is 2. The van der Waals surface area contributed by atoms with Crippen molar-refractivity contribution in [2.75, 3.05) is 12.9 Å². The number of nitrogens with one attached hydrogen (secondary N) is 1. The van der Waals surface area contributed by atoms with Crippen molar-refractivity contribution in [3.63, 3.8) is 0 Å². The van der Waals surface area contributed by atoms with Crippen molar-refractivity contribution in [1.82, 2.24) is 10.2 Å². The normalized spacial score (nSPS) is 12.2. The predicted octanol–water partition coefficient (Wildman–Crippen LogP) is 5.96. The fourth-order valence-electron chi connectivity index (χ4n) is 3.27. The maximum absolute atomic E-state index is 13.3. The molecule has 0 saturated carbocycles. The molecule has 0 saturated heterocycles. The maximum Gasteiger partial charge on any atom is 0.243 e. The van der Waals surface area contributed by atoms with Crippen molar-refractivity contribution in [2.24, 2.45) is 0 Å². The second kappa shape index (κ2) is 12.5. The summed E-state index contributed by atoms with van der Waals surface area (Å²) in [4.78, 5) is 28.0. The minimum Gasteiger partial charge on any atom is -0.497 e. The highest BCUT2D eigenvalue weighted by Crippen LogP contribution is 2.25. The number of hydrogen-bond acceptors (Lipinski definition) is 4. The SMILES string of the molecule is CC[C@@H](C(=O)NC(C)(C)C)N(Cc1ccc(OC)cc1)C(=O)CSCc1ccc(Cl)c(Cl)c1. The van der Waals surface area contributed by atoms with E-state index < -0.39 is 6.04 Å². The van der Waals surface area contributed by atoms with Gasteiger partial charge in [0.25, 0.3) is 0 Å². The molecule has 0 unspecified atom stereocenters. The average molecular weight is 512 g/mol. The highest BCUT2D eigenvalue weighted by Gasteiger charge is 2.30. The molecule has 0 aliphatic heterocycles. The van der Waals surface area contributed by atoms with E-state index in [2.05, 4.69) is 5.32 Å². The lowest BCUT2D eigenvalue weighted by molar-refractivity contribution is -0.140. The summed E-state index contributed by atoms with van der Waals surface area (Å²) in [5.41, 5.74) is 1.53. The van der Waals surface area contributed by atoms with Gasteiger partial charge >= 0.3 is 0 Å². The number of methoxy groups -OCH3 is 1. The van der Waals surface area contributed by atoms with Gasteiger partial charge in [0, 0.05) is 17.8 Å². The first-order chi connectivity index (χ1) is 15.5. The third kappa shape index (κ3) is 8.76. The Morgan fingerprint density at radius 1 is 1.06 bits per heavy atom. The lowest BCUT2D eigenvalue weighted by Gasteiger charge is -2.33. The largest absolute Gasteiger partial charge is 0.497 e. The van der Waals surface area contributed by atoms with E-state index in [0.29, 0.717) is 28.8 Å². The van der Waals surface area contributed by atoms with E-state index in [4.69, 9.17) is 27.9 Å². The van der Waals surface area contributed by atoms with Gasteiger partial charge in [-0.15, -0.1) is 11.8 Å². The standard InChI is InChI=1S/C25H32Cl2N2O3S/c1-6-22(24(31)28-25(2,3)4)29(14-17-7-10-19(32-5)11-8-17)23(30)16-33-15-18-9-12-20(26)21(27)13-18/h7-13,22H,6,14-16H2,1-5H3,(H,28,31)/t22-/m0/s1. The third-order valence-electron chi connectivity index (χ3n) is 4.87. The molecule has 180 valence electrons. The highest BCUT2D eigenvalue weighted by molar-refractivity contribution is 7.99. The molecular weight excluding hydrogens is 479 g/mol. The number of benzene rings is 2. The molecule has 33 heavy (non-hydrogen) atoms. The van der Waals surface area contributed by atoms with Gasteiger partial charge in [-0.25, -0.2) is 0 Å². The average Bonchev–Trinajstić information content (AvgIpc) is 2.75. The molecule has 0 fully saturated rings. The van der Waals surface area contributed by atoms with E-state index in [9.17, 15) is 9.59 Å². The van der Waals surface area contributed by atoms with E-state index >= 15 is 0 Å². The molecule has 0 aliphatic rings. The van der Waals surface area contributed by atoms with Gasteiger partial charge in [-0.05, 0) is 62.6 Å². The first kappa shape index (κ1) is 27.4. The lowest BCUT2D eigenvalue weighted by atomic mass is 10.1. The van der Waals surface area contributed by atoms with Crippen molar-refractivity contribution in [3.8, 4) is 5.75 Å². The zero-order valence-electron chi connectivity index (χ0n) is 19.8. The molecule has 2 aromatic rings. The Morgan fingerprint density at radius 3 is 2.24 bits per heavy atom. The minimum atomic E-state index is -0.565. The van der Waals surface area contributed by atoms with Crippen molar-refractivity contribution < 1.29 is 14.3 Å². The molecule has 0 radical (unpaired) electrons. The van der Waals surface area contributed by atoms with E-state index in [0.717, 1.165) is 16.9 Å². The Labute approximate surface area is 211 Å². The van der Waals surface area contributed by atoms with Crippen LogP contribution in [0.5, 0.6) is 5.75 Å². The molecule has 1 atom stereocenters. The number of thioether (sulfide) groups is 1. The van der Waals surface area contributed by atoms with Gasteiger partial charge < -0.3 is 15.0 Å². The van der Waals surface area contributed by atoms with Crippen molar-refractivity contribution in [1.29, 1.82) is 0 Å². The summed E-state index contributed by atoms with van der Waals surface area (Å²) >= 11 is 13.6. The molecule has 0 aromatic heterocycles. The van der Waals surface area contributed by atoms with Gasteiger partial charge in [0.15, 0.2) is 0 Å². The smallest absolute Gasteiger partial charge is 0.243 e. The summed E-state index contributed by atoms with van der Waals surface area (Å²) in [6, 6.07) is 12.4. The molecule has 0 aliphatic carbocycles. The summed E-state index contributed by atoms with van der Waals surface area (Å²) in [5.74, 6) is 1.36. The molecule has 8 heteroatoms. The number of amides is 2.